The van der Waals surface area contributed by atoms with Crippen LogP contribution >= 0.6 is 0 Å². The minimum atomic E-state index is -3.51. The van der Waals surface area contributed by atoms with Crippen molar-refractivity contribution in [3.8, 4) is 17.1 Å². The predicted octanol–water partition coefficient (Wildman–Crippen LogP) is -0.123. The van der Waals surface area contributed by atoms with Crippen LogP contribution in [0.3, 0.4) is 0 Å². The molecule has 2 fully saturated rings. The van der Waals surface area contributed by atoms with Gasteiger partial charge in [-0.05, 0) is 30.7 Å². The summed E-state index contributed by atoms with van der Waals surface area (Å²) in [4.78, 5) is 33.7. The van der Waals surface area contributed by atoms with Crippen LogP contribution in [0.1, 0.15) is 35.6 Å². The SMILES string of the molecule is COCc1nc(-c2ccnc(Nc3cc(NC(=O)C4CC45CC5)nnc3C(=O)NC(O)(O)O)c2OC)no1. The summed E-state index contributed by atoms with van der Waals surface area (Å²) >= 11 is 0. The maximum Gasteiger partial charge on any atom is 0.369 e. The smallest absolute Gasteiger partial charge is 0.369 e. The van der Waals surface area contributed by atoms with Gasteiger partial charge in [0.1, 0.15) is 6.61 Å². The van der Waals surface area contributed by atoms with E-state index in [0.717, 1.165) is 19.3 Å². The van der Waals surface area contributed by atoms with E-state index >= 15 is 0 Å². The molecule has 1 unspecified atom stereocenters. The van der Waals surface area contributed by atoms with Gasteiger partial charge in [0.05, 0.1) is 18.4 Å². The molecule has 3 heterocycles. The van der Waals surface area contributed by atoms with Crippen LogP contribution in [0.4, 0.5) is 17.3 Å². The summed E-state index contributed by atoms with van der Waals surface area (Å²) in [5.41, 5.74) is -0.00154. The Kier molecular flexibility index (Phi) is 6.39. The van der Waals surface area contributed by atoms with E-state index in [1.54, 1.807) is 11.4 Å². The van der Waals surface area contributed by atoms with Crippen molar-refractivity contribution in [3.63, 3.8) is 0 Å². The first-order valence-electron chi connectivity index (χ1n) is 11.4. The van der Waals surface area contributed by atoms with E-state index in [0.29, 0.717) is 5.56 Å². The van der Waals surface area contributed by atoms with E-state index in [4.69, 9.17) is 14.0 Å². The Morgan fingerprint density at radius 1 is 1.24 bits per heavy atom. The molecule has 0 bridgehead atoms. The quantitative estimate of drug-likeness (QED) is 0.189. The Morgan fingerprint density at radius 2 is 2.03 bits per heavy atom. The highest BCUT2D eigenvalue weighted by Gasteiger charge is 2.65. The number of ether oxygens (including phenoxy) is 2. The van der Waals surface area contributed by atoms with Crippen molar-refractivity contribution in [3.05, 3.63) is 29.9 Å². The highest BCUT2D eigenvalue weighted by molar-refractivity contribution is 6.00. The molecule has 1 atom stereocenters. The van der Waals surface area contributed by atoms with Gasteiger partial charge in [0.25, 0.3) is 11.8 Å². The van der Waals surface area contributed by atoms with Crippen molar-refractivity contribution in [1.29, 1.82) is 0 Å². The fourth-order valence-corrected chi connectivity index (χ4v) is 4.17. The third-order valence-corrected chi connectivity index (χ3v) is 6.28. The number of anilines is 3. The lowest BCUT2D eigenvalue weighted by atomic mass is 10.2. The van der Waals surface area contributed by atoms with E-state index in [2.05, 4.69) is 36.0 Å². The number of carbonyl (C=O) groups is 2. The van der Waals surface area contributed by atoms with E-state index in [-0.39, 0.29) is 58.6 Å². The third-order valence-electron chi connectivity index (χ3n) is 6.28. The lowest BCUT2D eigenvalue weighted by molar-refractivity contribution is -0.323. The van der Waals surface area contributed by atoms with E-state index in [1.807, 2.05) is 0 Å². The molecule has 6 N–H and O–H groups in total. The summed E-state index contributed by atoms with van der Waals surface area (Å²) < 4.78 is 15.7. The molecule has 0 radical (unpaired) electrons. The molecule has 0 aliphatic heterocycles. The number of aromatic nitrogens is 5. The Hall–Kier alpha value is -4.25. The zero-order chi connectivity index (χ0) is 27.1. The predicted molar refractivity (Wildman–Crippen MR) is 125 cm³/mol. The summed E-state index contributed by atoms with van der Waals surface area (Å²) in [7, 11) is 2.86. The lowest BCUT2D eigenvalue weighted by Gasteiger charge is -2.18. The standard InChI is InChI=1S/C22H24N8O8/c1-36-9-14-26-17(30-38-14)10-3-6-23-18(16(10)37-2)24-12-7-13(25-19(31)11-8-21(11)4-5-21)28-29-15(12)20(32)27-22(33,34)35/h3,6-7,11,33-35H,4-5,8-9H2,1-2H3,(H,27,32)(H2,23,24,25,28,31). The molecular formula is C22H24N8O8. The van der Waals surface area contributed by atoms with E-state index < -0.39 is 17.7 Å². The Labute approximate surface area is 214 Å². The van der Waals surface area contributed by atoms with Gasteiger partial charge in [-0.25, -0.2) is 4.98 Å². The summed E-state index contributed by atoms with van der Waals surface area (Å²) in [5.74, 6) is -0.787. The van der Waals surface area contributed by atoms with Crippen molar-refractivity contribution >= 4 is 29.1 Å². The molecule has 0 aromatic carbocycles. The van der Waals surface area contributed by atoms with E-state index in [9.17, 15) is 24.9 Å². The maximum atomic E-state index is 12.6. The molecule has 16 nitrogen and oxygen atoms in total. The van der Waals surface area contributed by atoms with Crippen LogP contribution in [0, 0.1) is 11.3 Å². The molecule has 3 aromatic heterocycles. The number of nitrogens with one attached hydrogen (secondary N) is 3. The van der Waals surface area contributed by atoms with Gasteiger partial charge in [0, 0.05) is 25.3 Å². The zero-order valence-corrected chi connectivity index (χ0v) is 20.3. The second-order valence-corrected chi connectivity index (χ2v) is 9.00. The molecule has 0 saturated heterocycles. The largest absolute Gasteiger partial charge is 0.492 e. The number of methoxy groups -OCH3 is 2. The van der Waals surface area contributed by atoms with Crippen LogP contribution in [-0.4, -0.2) is 72.8 Å². The van der Waals surface area contributed by atoms with Crippen molar-refractivity contribution in [2.24, 2.45) is 11.3 Å². The van der Waals surface area contributed by atoms with Crippen LogP contribution in [0.2, 0.25) is 0 Å². The number of rotatable bonds is 10. The zero-order valence-electron chi connectivity index (χ0n) is 20.3. The van der Waals surface area contributed by atoms with Crippen LogP contribution in [0.25, 0.3) is 11.4 Å². The molecule has 200 valence electrons. The summed E-state index contributed by atoms with van der Waals surface area (Å²) in [6.07, 6.45) is 0.763. The first kappa shape index (κ1) is 25.4. The van der Waals surface area contributed by atoms with Gasteiger partial charge in [0.15, 0.2) is 23.1 Å². The van der Waals surface area contributed by atoms with Gasteiger partial charge in [-0.2, -0.15) is 4.98 Å². The molecule has 2 saturated carbocycles. The van der Waals surface area contributed by atoms with Gasteiger partial charge >= 0.3 is 6.10 Å². The van der Waals surface area contributed by atoms with Gasteiger partial charge < -0.3 is 39.9 Å². The van der Waals surface area contributed by atoms with Gasteiger partial charge in [-0.3, -0.25) is 14.9 Å². The topological polar surface area (TPSA) is 227 Å². The summed E-state index contributed by atoms with van der Waals surface area (Å²) in [6, 6.07) is 2.89. The van der Waals surface area contributed by atoms with Gasteiger partial charge in [0.2, 0.25) is 11.7 Å². The molecule has 3 aromatic rings. The molecule has 1 spiro atoms. The maximum absolute atomic E-state index is 12.6. The van der Waals surface area contributed by atoms with Crippen LogP contribution in [0.15, 0.2) is 22.9 Å². The molecule has 5 rings (SSSR count). The molecule has 2 amide bonds. The van der Waals surface area contributed by atoms with Crippen molar-refractivity contribution in [1.82, 2.24) is 30.6 Å². The highest BCUT2D eigenvalue weighted by Crippen LogP contribution is 2.70. The minimum Gasteiger partial charge on any atom is -0.492 e. The van der Waals surface area contributed by atoms with Gasteiger partial charge in [-0.1, -0.05) is 5.16 Å². The minimum absolute atomic E-state index is 0.0394. The normalized spacial score (nSPS) is 17.1. The van der Waals surface area contributed by atoms with Crippen molar-refractivity contribution in [2.45, 2.75) is 32.0 Å². The molecule has 2 aliphatic carbocycles. The second-order valence-electron chi connectivity index (χ2n) is 9.00. The number of amides is 2. The fraction of sp³-hybridized carbons (Fsp3) is 0.409. The lowest BCUT2D eigenvalue weighted by Crippen LogP contribution is -2.48. The Balaban J connectivity index is 1.47. The Bertz CT molecular complexity index is 1380. The highest BCUT2D eigenvalue weighted by atomic mass is 16.7. The second kappa shape index (κ2) is 9.56. The van der Waals surface area contributed by atoms with Crippen molar-refractivity contribution in [2.75, 3.05) is 24.9 Å². The Morgan fingerprint density at radius 3 is 2.68 bits per heavy atom. The number of nitrogens with zero attached hydrogens (tertiary/aromatic N) is 5. The average Bonchev–Trinajstić information content (AvgIpc) is 3.75. The average molecular weight is 528 g/mol. The number of hydrogen-bond acceptors (Lipinski definition) is 14. The monoisotopic (exact) mass is 528 g/mol. The molecule has 16 heteroatoms. The van der Waals surface area contributed by atoms with Crippen LogP contribution < -0.4 is 20.7 Å². The number of hydrogen-bond donors (Lipinski definition) is 6. The molecule has 38 heavy (non-hydrogen) atoms. The fourth-order valence-electron chi connectivity index (χ4n) is 4.17. The van der Waals surface area contributed by atoms with Crippen LogP contribution in [0.5, 0.6) is 5.75 Å². The number of aliphatic hydroxyl groups is 3. The molecular weight excluding hydrogens is 504 g/mol. The first-order valence-corrected chi connectivity index (χ1v) is 11.4. The van der Waals surface area contributed by atoms with E-state index in [1.165, 1.54) is 26.5 Å². The summed E-state index contributed by atoms with van der Waals surface area (Å²) in [6.45, 7) is 0.102. The van der Waals surface area contributed by atoms with Gasteiger partial charge in [-0.15, -0.1) is 10.2 Å². The van der Waals surface area contributed by atoms with Crippen molar-refractivity contribution < 1.29 is 38.9 Å². The number of carbonyl (C=O) groups excluding carboxylic acids is 2. The molecule has 2 aliphatic rings. The first-order chi connectivity index (χ1) is 18.1. The van der Waals surface area contributed by atoms with Crippen LogP contribution in [-0.2, 0) is 16.1 Å². The third kappa shape index (κ3) is 5.23. The number of pyridine rings is 1. The summed E-state index contributed by atoms with van der Waals surface area (Å²) in [5, 5.41) is 46.3.